The molecule has 3 rings (SSSR count). The molecule has 0 unspecified atom stereocenters. The summed E-state index contributed by atoms with van der Waals surface area (Å²) in [5, 5.41) is 0. The predicted octanol–water partition coefficient (Wildman–Crippen LogP) is 3.51. The Balaban J connectivity index is 2.07. The first-order chi connectivity index (χ1) is 7.07. The molecule has 0 radical (unpaired) electrons. The van der Waals surface area contributed by atoms with E-state index in [0.29, 0.717) is 23.5 Å². The van der Waals surface area contributed by atoms with Crippen molar-refractivity contribution in [1.29, 1.82) is 0 Å². The van der Waals surface area contributed by atoms with Gasteiger partial charge in [-0.15, -0.1) is 6.58 Å². The number of hydrogen-bond acceptors (Lipinski definition) is 1. The maximum Gasteiger partial charge on any atom is 0.159 e. The molecule has 0 N–H and O–H groups in total. The van der Waals surface area contributed by atoms with Crippen LogP contribution in [0.3, 0.4) is 0 Å². The van der Waals surface area contributed by atoms with Crippen molar-refractivity contribution in [2.45, 2.75) is 39.5 Å². The van der Waals surface area contributed by atoms with E-state index >= 15 is 0 Å². The van der Waals surface area contributed by atoms with E-state index < -0.39 is 0 Å². The zero-order valence-corrected chi connectivity index (χ0v) is 9.75. The summed E-state index contributed by atoms with van der Waals surface area (Å²) in [4.78, 5) is 12.0. The van der Waals surface area contributed by atoms with E-state index in [-0.39, 0.29) is 0 Å². The van der Waals surface area contributed by atoms with Crippen LogP contribution in [-0.2, 0) is 4.79 Å². The van der Waals surface area contributed by atoms with Crippen molar-refractivity contribution in [3.05, 3.63) is 24.3 Å². The van der Waals surface area contributed by atoms with E-state index in [0.717, 1.165) is 24.3 Å². The largest absolute Gasteiger partial charge is 0.295 e. The molecule has 0 aromatic rings. The molecular weight excluding hydrogens is 184 g/mol. The average molecular weight is 204 g/mol. The Kier molecular flexibility index (Phi) is 2.57. The lowest BCUT2D eigenvalue weighted by Gasteiger charge is -2.56. The monoisotopic (exact) mass is 204 g/mol. The van der Waals surface area contributed by atoms with Crippen LogP contribution in [0.1, 0.15) is 39.5 Å². The fourth-order valence-corrected chi connectivity index (χ4v) is 3.04. The molecule has 0 aromatic heterocycles. The number of rotatable bonds is 4. The molecule has 15 heavy (non-hydrogen) atoms. The molecule has 1 saturated carbocycles. The summed E-state index contributed by atoms with van der Waals surface area (Å²) < 4.78 is 0. The van der Waals surface area contributed by atoms with Crippen molar-refractivity contribution < 1.29 is 4.79 Å². The summed E-state index contributed by atoms with van der Waals surface area (Å²) in [7, 11) is 0. The topological polar surface area (TPSA) is 17.1 Å². The van der Waals surface area contributed by atoms with Crippen LogP contribution in [0, 0.1) is 17.3 Å². The van der Waals surface area contributed by atoms with Gasteiger partial charge in [0.15, 0.2) is 5.78 Å². The quantitative estimate of drug-likeness (QED) is 0.640. The fraction of sp³-hybridized carbons (Fsp3) is 0.643. The minimum Gasteiger partial charge on any atom is -0.295 e. The molecule has 0 amide bonds. The zero-order valence-electron chi connectivity index (χ0n) is 9.75. The number of carbonyl (C=O) groups excluding carboxylic acids is 1. The number of allylic oxidation sites excluding steroid dienone is 3. The molecule has 1 nitrogen and oxygen atoms in total. The van der Waals surface area contributed by atoms with Crippen LogP contribution in [0.25, 0.3) is 0 Å². The summed E-state index contributed by atoms with van der Waals surface area (Å²) in [6.07, 6.45) is 7.82. The Morgan fingerprint density at radius 3 is 2.93 bits per heavy atom. The Bertz CT molecular complexity index is 322. The number of carbonyl (C=O) groups is 1. The van der Waals surface area contributed by atoms with Crippen LogP contribution in [0.5, 0.6) is 0 Å². The van der Waals surface area contributed by atoms with Gasteiger partial charge in [-0.3, -0.25) is 4.79 Å². The van der Waals surface area contributed by atoms with Crippen molar-refractivity contribution in [2.24, 2.45) is 17.3 Å². The van der Waals surface area contributed by atoms with Crippen molar-refractivity contribution in [1.82, 2.24) is 0 Å². The Hall–Kier alpha value is -0.850. The first-order valence-corrected chi connectivity index (χ1v) is 5.91. The lowest BCUT2D eigenvalue weighted by Crippen LogP contribution is -2.49. The van der Waals surface area contributed by atoms with E-state index in [1.54, 1.807) is 0 Å². The molecule has 3 aliphatic rings. The van der Waals surface area contributed by atoms with Crippen LogP contribution in [-0.4, -0.2) is 5.78 Å². The highest BCUT2D eigenvalue weighted by atomic mass is 16.1. The summed E-state index contributed by atoms with van der Waals surface area (Å²) in [6.45, 7) is 8.27. The van der Waals surface area contributed by atoms with Gasteiger partial charge in [0.25, 0.3) is 0 Å². The first kappa shape index (κ1) is 10.7. The van der Waals surface area contributed by atoms with E-state index in [2.05, 4.69) is 26.5 Å². The summed E-state index contributed by atoms with van der Waals surface area (Å²) >= 11 is 0. The Morgan fingerprint density at radius 1 is 1.67 bits per heavy atom. The molecule has 0 aromatic carbocycles. The van der Waals surface area contributed by atoms with Gasteiger partial charge in [-0.2, -0.15) is 0 Å². The summed E-state index contributed by atoms with van der Waals surface area (Å²) in [5.74, 6) is 1.71. The van der Waals surface area contributed by atoms with Crippen LogP contribution in [0.2, 0.25) is 0 Å². The minimum atomic E-state index is 0.353. The molecule has 2 bridgehead atoms. The van der Waals surface area contributed by atoms with Gasteiger partial charge < -0.3 is 0 Å². The Labute approximate surface area is 92.3 Å². The normalized spacial score (nSPS) is 31.5. The second-order valence-corrected chi connectivity index (χ2v) is 5.45. The summed E-state index contributed by atoms with van der Waals surface area (Å²) in [5.41, 5.74) is 1.48. The van der Waals surface area contributed by atoms with Gasteiger partial charge in [-0.1, -0.05) is 26.0 Å². The second kappa shape index (κ2) is 3.62. The fourth-order valence-electron chi connectivity index (χ4n) is 3.04. The van der Waals surface area contributed by atoms with Crippen molar-refractivity contribution in [2.75, 3.05) is 0 Å². The highest BCUT2D eigenvalue weighted by Crippen LogP contribution is 2.59. The van der Waals surface area contributed by atoms with E-state index in [9.17, 15) is 4.79 Å². The van der Waals surface area contributed by atoms with Gasteiger partial charge in [0.05, 0.1) is 0 Å². The van der Waals surface area contributed by atoms with Crippen LogP contribution in [0.4, 0.5) is 0 Å². The predicted molar refractivity (Wildman–Crippen MR) is 62.5 cm³/mol. The third kappa shape index (κ3) is 1.58. The molecular formula is C14H20O. The van der Waals surface area contributed by atoms with Gasteiger partial charge in [-0.25, -0.2) is 0 Å². The molecule has 0 heterocycles. The lowest BCUT2D eigenvalue weighted by molar-refractivity contribution is -0.119. The van der Waals surface area contributed by atoms with Crippen LogP contribution in [0.15, 0.2) is 24.3 Å². The highest BCUT2D eigenvalue weighted by molar-refractivity contribution is 5.96. The molecule has 3 aliphatic carbocycles. The Morgan fingerprint density at radius 2 is 2.40 bits per heavy atom. The molecule has 1 fully saturated rings. The van der Waals surface area contributed by atoms with E-state index in [4.69, 9.17) is 0 Å². The molecule has 1 heteroatoms. The molecule has 2 atom stereocenters. The lowest BCUT2D eigenvalue weighted by atomic mass is 9.48. The number of Topliss-reactive ketones (excluding diaryl/α,β-unsaturated/α-hetero) is 1. The number of ketones is 1. The molecule has 0 spiro atoms. The van der Waals surface area contributed by atoms with E-state index in [1.165, 1.54) is 6.42 Å². The van der Waals surface area contributed by atoms with Crippen LogP contribution >= 0.6 is 0 Å². The zero-order chi connectivity index (χ0) is 11.1. The standard InChI is InChI=1S/C14H20O/c1-4-5-6-13(15)11-8-7-10-9-12(11)14(10,2)3/h4,8,10,12H,1,5-7,9H2,2-3H3/t10-,12-/m1/s1. The third-order valence-electron chi connectivity index (χ3n) is 4.37. The van der Waals surface area contributed by atoms with Crippen LogP contribution < -0.4 is 0 Å². The first-order valence-electron chi connectivity index (χ1n) is 5.91. The number of hydrogen-bond donors (Lipinski definition) is 0. The van der Waals surface area contributed by atoms with Crippen molar-refractivity contribution >= 4 is 5.78 Å². The van der Waals surface area contributed by atoms with Crippen molar-refractivity contribution in [3.8, 4) is 0 Å². The maximum atomic E-state index is 12.0. The highest BCUT2D eigenvalue weighted by Gasteiger charge is 2.52. The maximum absolute atomic E-state index is 12.0. The third-order valence-corrected chi connectivity index (χ3v) is 4.37. The number of fused-ring (bicyclic) bond motifs is 1. The molecule has 82 valence electrons. The van der Waals surface area contributed by atoms with Gasteiger partial charge in [-0.05, 0) is 42.1 Å². The smallest absolute Gasteiger partial charge is 0.159 e. The van der Waals surface area contributed by atoms with Gasteiger partial charge >= 0.3 is 0 Å². The van der Waals surface area contributed by atoms with Gasteiger partial charge in [0.1, 0.15) is 0 Å². The minimum absolute atomic E-state index is 0.353. The molecule has 0 aliphatic heterocycles. The van der Waals surface area contributed by atoms with Gasteiger partial charge in [0.2, 0.25) is 0 Å². The SMILES string of the molecule is C=CCCC(=O)C1=CC[C@@H]2C[C@H]1C2(C)C. The summed E-state index contributed by atoms with van der Waals surface area (Å²) in [6, 6.07) is 0. The average Bonchev–Trinajstić information content (AvgIpc) is 2.25. The van der Waals surface area contributed by atoms with E-state index in [1.807, 2.05) is 6.08 Å². The van der Waals surface area contributed by atoms with Crippen molar-refractivity contribution in [3.63, 3.8) is 0 Å². The second-order valence-electron chi connectivity index (χ2n) is 5.45. The molecule has 0 saturated heterocycles. The van der Waals surface area contributed by atoms with Gasteiger partial charge in [0, 0.05) is 6.42 Å².